The number of likely N-dealkylation sites (N-methyl/N-ethyl adjacent to an activating group) is 1. The number of anilines is 1. The second kappa shape index (κ2) is 5.16. The van der Waals surface area contributed by atoms with Crippen LogP contribution >= 0.6 is 15.9 Å². The van der Waals surface area contributed by atoms with E-state index in [4.69, 9.17) is 5.73 Å². The highest BCUT2D eigenvalue weighted by Gasteiger charge is 2.32. The molecule has 0 aliphatic carbocycles. The molecule has 2 N–H and O–H groups in total. The number of nitrogens with zero attached hydrogens (tertiary/aromatic N) is 2. The van der Waals surface area contributed by atoms with Gasteiger partial charge in [0.2, 0.25) is 5.91 Å². The van der Waals surface area contributed by atoms with E-state index >= 15 is 0 Å². The lowest BCUT2D eigenvalue weighted by Crippen LogP contribution is -2.58. The Kier molecular flexibility index (Phi) is 3.81. The molecule has 1 atom stereocenters. The largest absolute Gasteiger partial charge is 0.328 e. The van der Waals surface area contributed by atoms with E-state index in [1.807, 2.05) is 41.1 Å². The van der Waals surface area contributed by atoms with E-state index in [2.05, 4.69) is 15.9 Å². The Morgan fingerprint density at radius 2 is 2.12 bits per heavy atom. The quantitative estimate of drug-likeness (QED) is 0.888. The Bertz CT molecular complexity index is 424. The first kappa shape index (κ1) is 12.5. The van der Waals surface area contributed by atoms with Crippen LogP contribution in [0.1, 0.15) is 0 Å². The van der Waals surface area contributed by atoms with E-state index in [0.29, 0.717) is 13.1 Å². The highest BCUT2D eigenvalue weighted by molar-refractivity contribution is 9.10. The molecule has 1 saturated heterocycles. The van der Waals surface area contributed by atoms with E-state index in [-0.39, 0.29) is 11.9 Å². The number of benzene rings is 1. The predicted molar refractivity (Wildman–Crippen MR) is 72.0 cm³/mol. The van der Waals surface area contributed by atoms with Crippen LogP contribution in [0.3, 0.4) is 0 Å². The lowest BCUT2D eigenvalue weighted by atomic mass is 10.1. The smallest absolute Gasteiger partial charge is 0.245 e. The van der Waals surface area contributed by atoms with E-state index in [0.717, 1.165) is 16.7 Å². The van der Waals surface area contributed by atoms with Gasteiger partial charge in [0.25, 0.3) is 0 Å². The van der Waals surface area contributed by atoms with Crippen LogP contribution in [0, 0.1) is 0 Å². The second-order valence-corrected chi connectivity index (χ2v) is 5.03. The molecule has 1 aromatic carbocycles. The van der Waals surface area contributed by atoms with Crippen molar-refractivity contribution in [2.24, 2.45) is 5.73 Å². The Hall–Kier alpha value is -0.910. The molecule has 4 nitrogen and oxygen atoms in total. The molecule has 92 valence electrons. The molecule has 1 unspecified atom stereocenters. The number of hydrogen-bond acceptors (Lipinski definition) is 3. The molecule has 1 aliphatic heterocycles. The van der Waals surface area contributed by atoms with Crippen LogP contribution in [-0.2, 0) is 4.79 Å². The van der Waals surface area contributed by atoms with Crippen LogP contribution in [0.25, 0.3) is 0 Å². The Morgan fingerprint density at radius 1 is 1.41 bits per heavy atom. The molecule has 2 rings (SSSR count). The first-order chi connectivity index (χ1) is 8.15. The van der Waals surface area contributed by atoms with Gasteiger partial charge in [0, 0.05) is 24.1 Å². The van der Waals surface area contributed by atoms with Gasteiger partial charge in [-0.15, -0.1) is 0 Å². The van der Waals surface area contributed by atoms with Crippen molar-refractivity contribution in [3.8, 4) is 0 Å². The number of rotatable bonds is 2. The first-order valence-corrected chi connectivity index (χ1v) is 6.40. The van der Waals surface area contributed by atoms with Crippen LogP contribution in [0.5, 0.6) is 0 Å². The minimum atomic E-state index is -0.212. The van der Waals surface area contributed by atoms with E-state index in [1.165, 1.54) is 0 Å². The van der Waals surface area contributed by atoms with Crippen molar-refractivity contribution in [1.82, 2.24) is 4.90 Å². The third kappa shape index (κ3) is 2.36. The SMILES string of the molecule is CN1CCN(c2ccccc2Br)C(=O)C1CN. The van der Waals surface area contributed by atoms with Gasteiger partial charge < -0.3 is 10.6 Å². The maximum Gasteiger partial charge on any atom is 0.245 e. The molecule has 1 fully saturated rings. The number of halogens is 1. The van der Waals surface area contributed by atoms with Gasteiger partial charge in [-0.2, -0.15) is 0 Å². The van der Waals surface area contributed by atoms with Gasteiger partial charge in [-0.25, -0.2) is 0 Å². The van der Waals surface area contributed by atoms with Crippen LogP contribution in [0.2, 0.25) is 0 Å². The fraction of sp³-hybridized carbons (Fsp3) is 0.417. The highest BCUT2D eigenvalue weighted by Crippen LogP contribution is 2.27. The summed E-state index contributed by atoms with van der Waals surface area (Å²) in [6, 6.07) is 7.55. The molecule has 0 bridgehead atoms. The zero-order chi connectivity index (χ0) is 12.4. The summed E-state index contributed by atoms with van der Waals surface area (Å²) in [5.41, 5.74) is 6.58. The summed E-state index contributed by atoms with van der Waals surface area (Å²) in [5.74, 6) is 0.0770. The van der Waals surface area contributed by atoms with Gasteiger partial charge in [-0.3, -0.25) is 9.69 Å². The minimum Gasteiger partial charge on any atom is -0.328 e. The van der Waals surface area contributed by atoms with Crippen molar-refractivity contribution < 1.29 is 4.79 Å². The molecule has 0 spiro atoms. The minimum absolute atomic E-state index is 0.0770. The lowest BCUT2D eigenvalue weighted by Gasteiger charge is -2.38. The van der Waals surface area contributed by atoms with Crippen LogP contribution in [0.4, 0.5) is 5.69 Å². The summed E-state index contributed by atoms with van der Waals surface area (Å²) in [6.45, 7) is 1.90. The van der Waals surface area contributed by atoms with Crippen LogP contribution < -0.4 is 10.6 Å². The summed E-state index contributed by atoms with van der Waals surface area (Å²) in [6.07, 6.45) is 0. The molecule has 0 saturated carbocycles. The molecule has 1 amide bonds. The predicted octanol–water partition coefficient (Wildman–Crippen LogP) is 1.05. The number of carbonyl (C=O) groups is 1. The summed E-state index contributed by atoms with van der Waals surface area (Å²) >= 11 is 3.48. The fourth-order valence-corrected chi connectivity index (χ4v) is 2.58. The van der Waals surface area contributed by atoms with E-state index < -0.39 is 0 Å². The highest BCUT2D eigenvalue weighted by atomic mass is 79.9. The van der Waals surface area contributed by atoms with E-state index in [1.54, 1.807) is 0 Å². The third-order valence-corrected chi connectivity index (χ3v) is 3.80. The summed E-state index contributed by atoms with van der Waals surface area (Å²) < 4.78 is 0.939. The van der Waals surface area contributed by atoms with Crippen molar-refractivity contribution in [2.75, 3.05) is 31.6 Å². The number of piperazine rings is 1. The molecular formula is C12H16BrN3O. The van der Waals surface area contributed by atoms with Crippen molar-refractivity contribution >= 4 is 27.5 Å². The third-order valence-electron chi connectivity index (χ3n) is 3.13. The second-order valence-electron chi connectivity index (χ2n) is 4.17. The van der Waals surface area contributed by atoms with Gasteiger partial charge in [-0.05, 0) is 35.1 Å². The normalized spacial score (nSPS) is 21.9. The zero-order valence-electron chi connectivity index (χ0n) is 9.77. The summed E-state index contributed by atoms with van der Waals surface area (Å²) in [5, 5.41) is 0. The first-order valence-electron chi connectivity index (χ1n) is 5.61. The molecule has 17 heavy (non-hydrogen) atoms. The number of amides is 1. The average Bonchev–Trinajstić information content (AvgIpc) is 2.31. The average molecular weight is 298 g/mol. The standard InChI is InChI=1S/C12H16BrN3O/c1-15-6-7-16(12(17)11(15)8-14)10-5-3-2-4-9(10)13/h2-5,11H,6-8,14H2,1H3. The van der Waals surface area contributed by atoms with Crippen molar-refractivity contribution in [3.63, 3.8) is 0 Å². The van der Waals surface area contributed by atoms with Crippen molar-refractivity contribution in [3.05, 3.63) is 28.7 Å². The number of para-hydroxylation sites is 1. The molecule has 1 aromatic rings. The van der Waals surface area contributed by atoms with E-state index in [9.17, 15) is 4.79 Å². The molecular weight excluding hydrogens is 282 g/mol. The molecule has 1 heterocycles. The Morgan fingerprint density at radius 3 is 2.76 bits per heavy atom. The molecule has 5 heteroatoms. The number of nitrogens with two attached hydrogens (primary N) is 1. The van der Waals surface area contributed by atoms with Gasteiger partial charge in [0.1, 0.15) is 6.04 Å². The Labute approximate surface area is 110 Å². The molecule has 0 aromatic heterocycles. The van der Waals surface area contributed by atoms with Gasteiger partial charge in [0.15, 0.2) is 0 Å². The molecule has 1 aliphatic rings. The maximum atomic E-state index is 12.3. The lowest BCUT2D eigenvalue weighted by molar-refractivity contribution is -0.124. The summed E-state index contributed by atoms with van der Waals surface area (Å²) in [4.78, 5) is 16.1. The van der Waals surface area contributed by atoms with Crippen LogP contribution in [0.15, 0.2) is 28.7 Å². The Balaban J connectivity index is 2.28. The maximum absolute atomic E-state index is 12.3. The zero-order valence-corrected chi connectivity index (χ0v) is 11.4. The van der Waals surface area contributed by atoms with Gasteiger partial charge in [-0.1, -0.05) is 12.1 Å². The van der Waals surface area contributed by atoms with Crippen molar-refractivity contribution in [1.29, 1.82) is 0 Å². The monoisotopic (exact) mass is 297 g/mol. The van der Waals surface area contributed by atoms with Gasteiger partial charge >= 0.3 is 0 Å². The van der Waals surface area contributed by atoms with Gasteiger partial charge in [0.05, 0.1) is 5.69 Å². The number of hydrogen-bond donors (Lipinski definition) is 1. The topological polar surface area (TPSA) is 49.6 Å². The van der Waals surface area contributed by atoms with Crippen LogP contribution in [-0.4, -0.2) is 43.5 Å². The molecule has 0 radical (unpaired) electrons. The number of carbonyl (C=O) groups excluding carboxylic acids is 1. The summed E-state index contributed by atoms with van der Waals surface area (Å²) in [7, 11) is 1.94. The fourth-order valence-electron chi connectivity index (χ4n) is 2.08. The van der Waals surface area contributed by atoms with Crippen molar-refractivity contribution in [2.45, 2.75) is 6.04 Å².